The third-order valence-corrected chi connectivity index (χ3v) is 6.22. The van der Waals surface area contributed by atoms with Gasteiger partial charge in [-0.3, -0.25) is 9.59 Å². The Bertz CT molecular complexity index is 1300. The van der Waals surface area contributed by atoms with E-state index in [1.54, 1.807) is 11.6 Å². The average molecular weight is 406 g/mol. The predicted molar refractivity (Wildman–Crippen MR) is 112 cm³/mol. The van der Waals surface area contributed by atoms with Gasteiger partial charge in [0.25, 0.3) is 5.56 Å². The lowest BCUT2D eigenvalue weighted by Crippen LogP contribution is -2.25. The minimum atomic E-state index is -0.158. The van der Waals surface area contributed by atoms with Crippen molar-refractivity contribution in [2.75, 3.05) is 6.54 Å². The molecule has 0 aliphatic carbocycles. The molecule has 7 nitrogen and oxygen atoms in total. The van der Waals surface area contributed by atoms with Crippen LogP contribution in [0.15, 0.2) is 47.0 Å². The monoisotopic (exact) mass is 406 g/mol. The standard InChI is InChI=1S/C21H18N4O3S/c1-11(14-7-19(26)22-8-14)28-18-6-13(5-17-20(18)29-10-25-17)12-2-3-15-16(4-12)23-9-24-21(15)27/h2-6,9-11,14H,7-8H2,1H3,(H,22,26)(H,23,24,27). The molecule has 1 amide bonds. The highest BCUT2D eigenvalue weighted by Gasteiger charge is 2.28. The van der Waals surface area contributed by atoms with Gasteiger partial charge in [0.2, 0.25) is 5.91 Å². The molecule has 2 atom stereocenters. The molecule has 4 aromatic rings. The van der Waals surface area contributed by atoms with Gasteiger partial charge in [0.1, 0.15) is 11.9 Å². The molecule has 0 radical (unpaired) electrons. The van der Waals surface area contributed by atoms with Crippen molar-refractivity contribution in [2.24, 2.45) is 5.92 Å². The van der Waals surface area contributed by atoms with Crippen molar-refractivity contribution in [2.45, 2.75) is 19.4 Å². The van der Waals surface area contributed by atoms with E-state index in [4.69, 9.17) is 4.74 Å². The molecule has 5 rings (SSSR count). The predicted octanol–water partition coefficient (Wildman–Crippen LogP) is 3.10. The van der Waals surface area contributed by atoms with Crippen molar-refractivity contribution < 1.29 is 9.53 Å². The number of rotatable bonds is 4. The number of amides is 1. The van der Waals surface area contributed by atoms with Gasteiger partial charge in [0.05, 0.1) is 33.0 Å². The normalized spacial score (nSPS) is 17.6. The van der Waals surface area contributed by atoms with Crippen molar-refractivity contribution >= 4 is 38.4 Å². The highest BCUT2D eigenvalue weighted by atomic mass is 32.1. The van der Waals surface area contributed by atoms with Crippen LogP contribution in [0, 0.1) is 5.92 Å². The molecule has 2 unspecified atom stereocenters. The van der Waals surface area contributed by atoms with E-state index in [1.807, 2.05) is 31.2 Å². The summed E-state index contributed by atoms with van der Waals surface area (Å²) in [6, 6.07) is 9.58. The van der Waals surface area contributed by atoms with Gasteiger partial charge in [-0.25, -0.2) is 9.97 Å². The molecular weight excluding hydrogens is 388 g/mol. The minimum absolute atomic E-state index is 0.0702. The molecular formula is C21H18N4O3S. The SMILES string of the molecule is CC(Oc1cc(-c2ccc3c(=O)[nH]cnc3c2)cc2ncsc12)C1CNC(=O)C1. The van der Waals surface area contributed by atoms with E-state index < -0.39 is 0 Å². The van der Waals surface area contributed by atoms with E-state index in [0.29, 0.717) is 23.9 Å². The lowest BCUT2D eigenvalue weighted by molar-refractivity contribution is -0.119. The van der Waals surface area contributed by atoms with Crippen molar-refractivity contribution in [3.05, 3.63) is 52.5 Å². The largest absolute Gasteiger partial charge is 0.489 e. The molecule has 8 heteroatoms. The van der Waals surface area contributed by atoms with Crippen LogP contribution in [0.25, 0.3) is 32.2 Å². The molecule has 1 saturated heterocycles. The number of H-pyrrole nitrogens is 1. The number of aromatic amines is 1. The van der Waals surface area contributed by atoms with Crippen LogP contribution < -0.4 is 15.6 Å². The maximum Gasteiger partial charge on any atom is 0.258 e. The molecule has 1 aliphatic rings. The van der Waals surface area contributed by atoms with Gasteiger partial charge in [0, 0.05) is 18.9 Å². The smallest absolute Gasteiger partial charge is 0.258 e. The summed E-state index contributed by atoms with van der Waals surface area (Å²) in [6.45, 7) is 2.63. The first-order valence-electron chi connectivity index (χ1n) is 9.37. The van der Waals surface area contributed by atoms with Gasteiger partial charge in [0.15, 0.2) is 0 Å². The van der Waals surface area contributed by atoms with Gasteiger partial charge in [-0.15, -0.1) is 11.3 Å². The third kappa shape index (κ3) is 3.25. The number of hydrogen-bond donors (Lipinski definition) is 2. The first-order chi connectivity index (χ1) is 14.1. The number of aromatic nitrogens is 3. The fraction of sp³-hybridized carbons (Fsp3) is 0.238. The van der Waals surface area contributed by atoms with Crippen LogP contribution in [0.1, 0.15) is 13.3 Å². The highest BCUT2D eigenvalue weighted by Crippen LogP contribution is 2.36. The zero-order valence-corrected chi connectivity index (χ0v) is 16.5. The van der Waals surface area contributed by atoms with E-state index in [2.05, 4.69) is 20.3 Å². The fourth-order valence-electron chi connectivity index (χ4n) is 3.70. The summed E-state index contributed by atoms with van der Waals surface area (Å²) in [4.78, 5) is 34.8. The van der Waals surface area contributed by atoms with Crippen LogP contribution in [0.2, 0.25) is 0 Å². The summed E-state index contributed by atoms with van der Waals surface area (Å²) < 4.78 is 7.27. The molecule has 1 aliphatic heterocycles. The molecule has 2 aromatic heterocycles. The highest BCUT2D eigenvalue weighted by molar-refractivity contribution is 7.17. The molecule has 0 saturated carbocycles. The van der Waals surface area contributed by atoms with E-state index >= 15 is 0 Å². The number of nitrogens with zero attached hydrogens (tertiary/aromatic N) is 2. The van der Waals surface area contributed by atoms with Crippen molar-refractivity contribution in [3.8, 4) is 16.9 Å². The molecule has 1 fully saturated rings. The Kier molecular flexibility index (Phi) is 4.28. The fourth-order valence-corrected chi connectivity index (χ4v) is 4.42. The van der Waals surface area contributed by atoms with Crippen molar-refractivity contribution in [1.29, 1.82) is 0 Å². The summed E-state index contributed by atoms with van der Waals surface area (Å²) in [5.74, 6) is 0.970. The quantitative estimate of drug-likeness (QED) is 0.543. The Morgan fingerprint density at radius 2 is 2.00 bits per heavy atom. The Morgan fingerprint density at radius 3 is 2.83 bits per heavy atom. The average Bonchev–Trinajstić information content (AvgIpc) is 3.37. The van der Waals surface area contributed by atoms with E-state index in [1.165, 1.54) is 17.7 Å². The summed E-state index contributed by atoms with van der Waals surface area (Å²) in [5.41, 5.74) is 5.00. The first-order valence-corrected chi connectivity index (χ1v) is 10.2. The van der Waals surface area contributed by atoms with E-state index in [9.17, 15) is 9.59 Å². The van der Waals surface area contributed by atoms with Crippen LogP contribution in [0.4, 0.5) is 0 Å². The lowest BCUT2D eigenvalue weighted by Gasteiger charge is -2.20. The molecule has 2 aromatic carbocycles. The van der Waals surface area contributed by atoms with Gasteiger partial charge in [-0.05, 0) is 42.3 Å². The van der Waals surface area contributed by atoms with Crippen LogP contribution in [-0.4, -0.2) is 33.5 Å². The molecule has 3 heterocycles. The summed E-state index contributed by atoms with van der Waals surface area (Å²) >= 11 is 1.53. The second-order valence-electron chi connectivity index (χ2n) is 7.23. The van der Waals surface area contributed by atoms with Crippen LogP contribution >= 0.6 is 11.3 Å². The second kappa shape index (κ2) is 6.97. The number of nitrogens with one attached hydrogen (secondary N) is 2. The number of carbonyl (C=O) groups excluding carboxylic acids is 1. The van der Waals surface area contributed by atoms with Gasteiger partial charge < -0.3 is 15.0 Å². The van der Waals surface area contributed by atoms with E-state index in [-0.39, 0.29) is 23.5 Å². The summed E-state index contributed by atoms with van der Waals surface area (Å²) in [5, 5.41) is 3.41. The first kappa shape index (κ1) is 17.8. The molecule has 2 N–H and O–H groups in total. The molecule has 0 bridgehead atoms. The topological polar surface area (TPSA) is 97.0 Å². The maximum atomic E-state index is 11.9. The van der Waals surface area contributed by atoms with Crippen LogP contribution in [0.5, 0.6) is 5.75 Å². The lowest BCUT2D eigenvalue weighted by atomic mass is 10.0. The zero-order valence-electron chi connectivity index (χ0n) is 15.6. The number of fused-ring (bicyclic) bond motifs is 2. The summed E-state index contributed by atoms with van der Waals surface area (Å²) in [7, 11) is 0. The minimum Gasteiger partial charge on any atom is -0.489 e. The Labute approximate surface area is 169 Å². The van der Waals surface area contributed by atoms with Crippen LogP contribution in [0.3, 0.4) is 0 Å². The van der Waals surface area contributed by atoms with Crippen molar-refractivity contribution in [1.82, 2.24) is 20.3 Å². The van der Waals surface area contributed by atoms with E-state index in [0.717, 1.165) is 27.1 Å². The summed E-state index contributed by atoms with van der Waals surface area (Å²) in [6.07, 6.45) is 1.79. The Hall–Kier alpha value is -3.26. The number of benzene rings is 2. The number of hydrogen-bond acceptors (Lipinski definition) is 6. The van der Waals surface area contributed by atoms with Gasteiger partial charge in [-0.1, -0.05) is 6.07 Å². The van der Waals surface area contributed by atoms with Crippen LogP contribution in [-0.2, 0) is 4.79 Å². The van der Waals surface area contributed by atoms with Gasteiger partial charge in [-0.2, -0.15) is 0 Å². The second-order valence-corrected chi connectivity index (χ2v) is 8.08. The molecule has 146 valence electrons. The number of carbonyl (C=O) groups is 1. The Balaban J connectivity index is 1.55. The molecule has 0 spiro atoms. The van der Waals surface area contributed by atoms with Gasteiger partial charge >= 0.3 is 0 Å². The number of thiazole rings is 1. The zero-order chi connectivity index (χ0) is 20.0. The van der Waals surface area contributed by atoms with Crippen molar-refractivity contribution in [3.63, 3.8) is 0 Å². The number of ether oxygens (including phenoxy) is 1. The molecule has 29 heavy (non-hydrogen) atoms. The third-order valence-electron chi connectivity index (χ3n) is 5.36. The maximum absolute atomic E-state index is 11.9. The Morgan fingerprint density at radius 1 is 1.14 bits per heavy atom.